The molecule has 0 aromatic carbocycles. The first-order valence-corrected chi connectivity index (χ1v) is 7.07. The molecule has 0 amide bonds. The standard InChI is InChI=1S/C13H27N3/c1-2-16(13-5-7-14-8-6-13)12-11-15-9-3-4-10-15/h13-14H,2-12H2,1H3. The SMILES string of the molecule is CCN(CCN1CCCC1)C1CCNCC1. The zero-order chi connectivity index (χ0) is 11.2. The third-order valence-corrected chi connectivity index (χ3v) is 4.13. The molecule has 0 bridgehead atoms. The van der Waals surface area contributed by atoms with Crippen LogP contribution in [0.2, 0.25) is 0 Å². The molecular weight excluding hydrogens is 198 g/mol. The van der Waals surface area contributed by atoms with Gasteiger partial charge < -0.3 is 10.2 Å². The van der Waals surface area contributed by atoms with Crippen LogP contribution in [-0.2, 0) is 0 Å². The second-order valence-electron chi connectivity index (χ2n) is 5.16. The summed E-state index contributed by atoms with van der Waals surface area (Å²) in [4.78, 5) is 5.32. The highest BCUT2D eigenvalue weighted by Gasteiger charge is 2.20. The minimum Gasteiger partial charge on any atom is -0.317 e. The van der Waals surface area contributed by atoms with Crippen molar-refractivity contribution in [2.75, 3.05) is 45.8 Å². The third-order valence-electron chi connectivity index (χ3n) is 4.13. The van der Waals surface area contributed by atoms with Crippen LogP contribution in [0.4, 0.5) is 0 Å². The van der Waals surface area contributed by atoms with Gasteiger partial charge in [0.2, 0.25) is 0 Å². The van der Waals surface area contributed by atoms with Crippen LogP contribution < -0.4 is 5.32 Å². The van der Waals surface area contributed by atoms with E-state index in [0.29, 0.717) is 0 Å². The van der Waals surface area contributed by atoms with Gasteiger partial charge in [-0.1, -0.05) is 6.92 Å². The van der Waals surface area contributed by atoms with Crippen LogP contribution in [0.25, 0.3) is 0 Å². The fraction of sp³-hybridized carbons (Fsp3) is 1.00. The summed E-state index contributed by atoms with van der Waals surface area (Å²) in [6, 6.07) is 0.842. The molecule has 1 N–H and O–H groups in total. The van der Waals surface area contributed by atoms with Crippen LogP contribution in [0, 0.1) is 0 Å². The Morgan fingerprint density at radius 2 is 1.88 bits per heavy atom. The molecule has 0 aromatic rings. The fourth-order valence-corrected chi connectivity index (χ4v) is 3.05. The molecule has 3 nitrogen and oxygen atoms in total. The molecule has 0 saturated carbocycles. The van der Waals surface area contributed by atoms with E-state index in [-0.39, 0.29) is 0 Å². The van der Waals surface area contributed by atoms with Gasteiger partial charge in [-0.15, -0.1) is 0 Å². The maximum absolute atomic E-state index is 3.45. The predicted octanol–water partition coefficient (Wildman–Crippen LogP) is 1.16. The van der Waals surface area contributed by atoms with Gasteiger partial charge in [0.1, 0.15) is 0 Å². The maximum atomic E-state index is 3.45. The molecule has 3 heteroatoms. The zero-order valence-electron chi connectivity index (χ0n) is 10.7. The van der Waals surface area contributed by atoms with E-state index in [0.717, 1.165) is 6.04 Å². The topological polar surface area (TPSA) is 18.5 Å². The number of hydrogen-bond acceptors (Lipinski definition) is 3. The number of likely N-dealkylation sites (tertiary alicyclic amines) is 1. The van der Waals surface area contributed by atoms with E-state index in [1.807, 2.05) is 0 Å². The van der Waals surface area contributed by atoms with Crippen molar-refractivity contribution in [1.29, 1.82) is 0 Å². The molecule has 0 aromatic heterocycles. The average Bonchev–Trinajstić information content (AvgIpc) is 2.84. The Labute approximate surface area is 100 Å². The molecule has 0 radical (unpaired) electrons. The average molecular weight is 225 g/mol. The van der Waals surface area contributed by atoms with Crippen LogP contribution in [-0.4, -0.2) is 61.7 Å². The Morgan fingerprint density at radius 1 is 1.19 bits per heavy atom. The molecule has 16 heavy (non-hydrogen) atoms. The largest absolute Gasteiger partial charge is 0.317 e. The summed E-state index contributed by atoms with van der Waals surface area (Å²) >= 11 is 0. The van der Waals surface area contributed by atoms with E-state index in [9.17, 15) is 0 Å². The van der Waals surface area contributed by atoms with Crippen molar-refractivity contribution in [2.45, 2.75) is 38.6 Å². The highest BCUT2D eigenvalue weighted by atomic mass is 15.2. The second-order valence-corrected chi connectivity index (χ2v) is 5.16. The summed E-state index contributed by atoms with van der Waals surface area (Å²) in [7, 11) is 0. The van der Waals surface area contributed by atoms with Crippen molar-refractivity contribution in [3.8, 4) is 0 Å². The van der Waals surface area contributed by atoms with Gasteiger partial charge in [-0.25, -0.2) is 0 Å². The van der Waals surface area contributed by atoms with Crippen molar-refractivity contribution < 1.29 is 0 Å². The van der Waals surface area contributed by atoms with Gasteiger partial charge in [0.05, 0.1) is 0 Å². The minimum absolute atomic E-state index is 0.842. The smallest absolute Gasteiger partial charge is 0.0120 e. The quantitative estimate of drug-likeness (QED) is 0.757. The summed E-state index contributed by atoms with van der Waals surface area (Å²) < 4.78 is 0. The molecule has 2 saturated heterocycles. The first kappa shape index (κ1) is 12.3. The monoisotopic (exact) mass is 225 g/mol. The summed E-state index contributed by atoms with van der Waals surface area (Å²) in [5.74, 6) is 0. The number of rotatable bonds is 5. The lowest BCUT2D eigenvalue weighted by Gasteiger charge is -2.34. The lowest BCUT2D eigenvalue weighted by atomic mass is 10.0. The first-order chi connectivity index (χ1) is 7.90. The fourth-order valence-electron chi connectivity index (χ4n) is 3.05. The first-order valence-electron chi connectivity index (χ1n) is 7.07. The zero-order valence-corrected chi connectivity index (χ0v) is 10.7. The Hall–Kier alpha value is -0.120. The van der Waals surface area contributed by atoms with Gasteiger partial charge in [0.25, 0.3) is 0 Å². The van der Waals surface area contributed by atoms with Crippen molar-refractivity contribution in [1.82, 2.24) is 15.1 Å². The molecule has 0 aliphatic carbocycles. The van der Waals surface area contributed by atoms with Crippen LogP contribution in [0.3, 0.4) is 0 Å². The van der Waals surface area contributed by atoms with Crippen LogP contribution in [0.1, 0.15) is 32.6 Å². The van der Waals surface area contributed by atoms with Crippen molar-refractivity contribution in [3.63, 3.8) is 0 Å². The normalized spacial score (nSPS) is 24.4. The molecule has 0 unspecified atom stereocenters. The van der Waals surface area contributed by atoms with Gasteiger partial charge in [-0.05, 0) is 58.4 Å². The Balaban J connectivity index is 1.70. The van der Waals surface area contributed by atoms with Gasteiger partial charge in [0.15, 0.2) is 0 Å². The van der Waals surface area contributed by atoms with Crippen LogP contribution in [0.15, 0.2) is 0 Å². The molecule has 0 spiro atoms. The number of piperidine rings is 1. The lowest BCUT2D eigenvalue weighted by molar-refractivity contribution is 0.150. The third kappa shape index (κ3) is 3.44. The highest BCUT2D eigenvalue weighted by Crippen LogP contribution is 2.12. The van der Waals surface area contributed by atoms with Gasteiger partial charge in [-0.2, -0.15) is 0 Å². The minimum atomic E-state index is 0.842. The van der Waals surface area contributed by atoms with E-state index in [1.165, 1.54) is 71.5 Å². The van der Waals surface area contributed by atoms with Crippen LogP contribution >= 0.6 is 0 Å². The number of nitrogens with one attached hydrogen (secondary N) is 1. The van der Waals surface area contributed by atoms with E-state index >= 15 is 0 Å². The maximum Gasteiger partial charge on any atom is 0.0120 e. The Kier molecular flexibility index (Phi) is 5.07. The van der Waals surface area contributed by atoms with E-state index in [1.54, 1.807) is 0 Å². The van der Waals surface area contributed by atoms with E-state index < -0.39 is 0 Å². The molecule has 2 fully saturated rings. The van der Waals surface area contributed by atoms with E-state index in [4.69, 9.17) is 0 Å². The summed E-state index contributed by atoms with van der Waals surface area (Å²) in [6.07, 6.45) is 5.51. The summed E-state index contributed by atoms with van der Waals surface area (Å²) in [6.45, 7) is 11.2. The van der Waals surface area contributed by atoms with E-state index in [2.05, 4.69) is 22.0 Å². The van der Waals surface area contributed by atoms with Gasteiger partial charge in [-0.3, -0.25) is 4.90 Å². The molecule has 2 aliphatic heterocycles. The van der Waals surface area contributed by atoms with Crippen molar-refractivity contribution in [3.05, 3.63) is 0 Å². The van der Waals surface area contributed by atoms with Gasteiger partial charge in [0, 0.05) is 19.1 Å². The highest BCUT2D eigenvalue weighted by molar-refractivity contribution is 4.78. The molecule has 2 heterocycles. The molecule has 2 rings (SSSR count). The van der Waals surface area contributed by atoms with Crippen molar-refractivity contribution >= 4 is 0 Å². The lowest BCUT2D eigenvalue weighted by Crippen LogP contribution is -2.45. The van der Waals surface area contributed by atoms with Crippen molar-refractivity contribution in [2.24, 2.45) is 0 Å². The molecule has 94 valence electrons. The Morgan fingerprint density at radius 3 is 2.50 bits per heavy atom. The molecule has 2 aliphatic rings. The summed E-state index contributed by atoms with van der Waals surface area (Å²) in [5.41, 5.74) is 0. The number of hydrogen-bond donors (Lipinski definition) is 1. The molecule has 0 atom stereocenters. The summed E-state index contributed by atoms with van der Waals surface area (Å²) in [5, 5.41) is 3.45. The number of likely N-dealkylation sites (N-methyl/N-ethyl adjacent to an activating group) is 1. The molecular formula is C13H27N3. The predicted molar refractivity (Wildman–Crippen MR) is 68.8 cm³/mol. The van der Waals surface area contributed by atoms with Gasteiger partial charge >= 0.3 is 0 Å². The van der Waals surface area contributed by atoms with Crippen LogP contribution in [0.5, 0.6) is 0 Å². The Bertz CT molecular complexity index is 184. The number of nitrogens with zero attached hydrogens (tertiary/aromatic N) is 2. The second kappa shape index (κ2) is 6.58.